The van der Waals surface area contributed by atoms with Crippen LogP contribution in [0.2, 0.25) is 0 Å². The average Bonchev–Trinajstić information content (AvgIpc) is 2.31. The van der Waals surface area contributed by atoms with Crippen LogP contribution in [0.5, 0.6) is 0 Å². The van der Waals surface area contributed by atoms with Gasteiger partial charge < -0.3 is 10.6 Å². The van der Waals surface area contributed by atoms with Gasteiger partial charge in [-0.1, -0.05) is 0 Å². The molecule has 0 aliphatic rings. The minimum Gasteiger partial charge on any atom is -0.334 e. The van der Waals surface area contributed by atoms with Gasteiger partial charge in [-0.15, -0.1) is 0 Å². The summed E-state index contributed by atoms with van der Waals surface area (Å²) in [6.07, 6.45) is 6.68. The van der Waals surface area contributed by atoms with Crippen LogP contribution in [-0.4, -0.2) is 26.1 Å². The summed E-state index contributed by atoms with van der Waals surface area (Å²) < 4.78 is 0. The van der Waals surface area contributed by atoms with Gasteiger partial charge in [-0.2, -0.15) is 0 Å². The summed E-state index contributed by atoms with van der Waals surface area (Å²) in [6.45, 7) is 1.94. The molecular formula is C10H12N6. The molecule has 0 unspecified atom stereocenters. The minimum absolute atomic E-state index is 0.0511. The third kappa shape index (κ3) is 2.88. The first kappa shape index (κ1) is 10.3. The highest BCUT2D eigenvalue weighted by atomic mass is 15.2. The quantitative estimate of drug-likeness (QED) is 0.746. The van der Waals surface area contributed by atoms with Gasteiger partial charge in [0.1, 0.15) is 0 Å². The van der Waals surface area contributed by atoms with Crippen molar-refractivity contribution in [2.24, 2.45) is 0 Å². The zero-order valence-electron chi connectivity index (χ0n) is 8.83. The van der Waals surface area contributed by atoms with E-state index < -0.39 is 0 Å². The van der Waals surface area contributed by atoms with E-state index >= 15 is 0 Å². The molecule has 0 aliphatic carbocycles. The van der Waals surface area contributed by atoms with Gasteiger partial charge >= 0.3 is 0 Å². The van der Waals surface area contributed by atoms with Crippen molar-refractivity contribution in [1.82, 2.24) is 19.9 Å². The highest BCUT2D eigenvalue weighted by molar-refractivity contribution is 5.31. The predicted molar refractivity (Wildman–Crippen MR) is 60.8 cm³/mol. The van der Waals surface area contributed by atoms with Gasteiger partial charge in [0, 0.05) is 24.8 Å². The molecular weight excluding hydrogens is 204 g/mol. The van der Waals surface area contributed by atoms with Crippen LogP contribution in [0, 0.1) is 0 Å². The first-order chi connectivity index (χ1) is 7.84. The maximum Gasteiger partial charge on any atom is 0.224 e. The largest absolute Gasteiger partial charge is 0.334 e. The summed E-state index contributed by atoms with van der Waals surface area (Å²) in [5, 5.41) is 6.15. The van der Waals surface area contributed by atoms with Crippen molar-refractivity contribution in [3.63, 3.8) is 0 Å². The van der Waals surface area contributed by atoms with Crippen molar-refractivity contribution >= 4 is 11.9 Å². The molecule has 6 heteroatoms. The topological polar surface area (TPSA) is 75.6 Å². The lowest BCUT2D eigenvalue weighted by Crippen LogP contribution is -2.26. The van der Waals surface area contributed by atoms with Crippen LogP contribution < -0.4 is 10.6 Å². The summed E-state index contributed by atoms with van der Waals surface area (Å²) in [4.78, 5) is 16.2. The standard InChI is InChI=1S/C10H12N6/c1-8(15-9-11-4-2-5-12-9)16-10-13-6-3-7-14-10/h2-8H,1H3,(H,11,12,15)(H,13,14,16). The Balaban J connectivity index is 1.92. The second-order valence-corrected chi connectivity index (χ2v) is 3.16. The van der Waals surface area contributed by atoms with Crippen LogP contribution >= 0.6 is 0 Å². The third-order valence-electron chi connectivity index (χ3n) is 1.82. The van der Waals surface area contributed by atoms with Gasteiger partial charge in [0.05, 0.1) is 6.17 Å². The molecule has 2 rings (SSSR count). The molecule has 2 heterocycles. The van der Waals surface area contributed by atoms with E-state index in [1.807, 2.05) is 6.92 Å². The fourth-order valence-electron chi connectivity index (χ4n) is 1.17. The van der Waals surface area contributed by atoms with E-state index in [0.29, 0.717) is 11.9 Å². The summed E-state index contributed by atoms with van der Waals surface area (Å²) in [5.41, 5.74) is 0. The van der Waals surface area contributed by atoms with Gasteiger partial charge in [0.2, 0.25) is 11.9 Å². The maximum absolute atomic E-state index is 4.06. The Kier molecular flexibility index (Phi) is 3.22. The molecule has 2 aromatic heterocycles. The summed E-state index contributed by atoms with van der Waals surface area (Å²) >= 11 is 0. The molecule has 2 N–H and O–H groups in total. The second-order valence-electron chi connectivity index (χ2n) is 3.16. The fourth-order valence-corrected chi connectivity index (χ4v) is 1.17. The molecule has 82 valence electrons. The number of anilines is 2. The van der Waals surface area contributed by atoms with Crippen molar-refractivity contribution in [3.8, 4) is 0 Å². The first-order valence-electron chi connectivity index (χ1n) is 4.92. The molecule has 0 atom stereocenters. The highest BCUT2D eigenvalue weighted by Gasteiger charge is 2.03. The molecule has 0 amide bonds. The van der Waals surface area contributed by atoms with E-state index in [4.69, 9.17) is 0 Å². The fraction of sp³-hybridized carbons (Fsp3) is 0.200. The molecule has 2 aromatic rings. The normalized spacial score (nSPS) is 10.1. The van der Waals surface area contributed by atoms with Crippen molar-refractivity contribution < 1.29 is 0 Å². The zero-order chi connectivity index (χ0) is 11.2. The molecule has 0 spiro atoms. The molecule has 0 aliphatic heterocycles. The molecule has 0 aromatic carbocycles. The molecule has 0 fully saturated rings. The van der Waals surface area contributed by atoms with Gasteiger partial charge in [-0.3, -0.25) is 0 Å². The average molecular weight is 216 g/mol. The van der Waals surface area contributed by atoms with Gasteiger partial charge in [0.15, 0.2) is 0 Å². The number of rotatable bonds is 4. The molecule has 6 nitrogen and oxygen atoms in total. The Labute approximate surface area is 93.2 Å². The van der Waals surface area contributed by atoms with Gasteiger partial charge in [-0.25, -0.2) is 19.9 Å². The molecule has 0 radical (unpaired) electrons. The Morgan fingerprint density at radius 3 is 1.56 bits per heavy atom. The van der Waals surface area contributed by atoms with Crippen molar-refractivity contribution in [2.75, 3.05) is 10.6 Å². The highest BCUT2D eigenvalue weighted by Crippen LogP contribution is 2.01. The lowest BCUT2D eigenvalue weighted by molar-refractivity contribution is 0.868. The summed E-state index contributed by atoms with van der Waals surface area (Å²) in [5.74, 6) is 1.14. The van der Waals surface area contributed by atoms with E-state index in [9.17, 15) is 0 Å². The maximum atomic E-state index is 4.06. The summed E-state index contributed by atoms with van der Waals surface area (Å²) in [6, 6.07) is 3.53. The van der Waals surface area contributed by atoms with E-state index in [1.54, 1.807) is 36.9 Å². The van der Waals surface area contributed by atoms with Crippen LogP contribution in [0.4, 0.5) is 11.9 Å². The van der Waals surface area contributed by atoms with E-state index in [1.165, 1.54) is 0 Å². The van der Waals surface area contributed by atoms with E-state index in [2.05, 4.69) is 30.6 Å². The van der Waals surface area contributed by atoms with Crippen LogP contribution in [0.3, 0.4) is 0 Å². The van der Waals surface area contributed by atoms with Crippen LogP contribution in [0.15, 0.2) is 36.9 Å². The third-order valence-corrected chi connectivity index (χ3v) is 1.82. The van der Waals surface area contributed by atoms with Gasteiger partial charge in [0.25, 0.3) is 0 Å². The predicted octanol–water partition coefficient (Wildman–Crippen LogP) is 1.14. The first-order valence-corrected chi connectivity index (χ1v) is 4.92. The number of nitrogens with zero attached hydrogens (tertiary/aromatic N) is 4. The molecule has 16 heavy (non-hydrogen) atoms. The molecule has 0 saturated heterocycles. The Bertz CT molecular complexity index is 376. The molecule has 0 saturated carbocycles. The Hall–Kier alpha value is -2.24. The van der Waals surface area contributed by atoms with Crippen LogP contribution in [0.1, 0.15) is 6.92 Å². The lowest BCUT2D eigenvalue weighted by atomic mass is 10.5. The van der Waals surface area contributed by atoms with Crippen molar-refractivity contribution in [3.05, 3.63) is 36.9 Å². The van der Waals surface area contributed by atoms with Crippen molar-refractivity contribution in [2.45, 2.75) is 13.1 Å². The minimum atomic E-state index is -0.0511. The van der Waals surface area contributed by atoms with E-state index in [-0.39, 0.29) is 6.17 Å². The Morgan fingerprint density at radius 1 is 0.812 bits per heavy atom. The molecule has 0 bridgehead atoms. The van der Waals surface area contributed by atoms with Crippen LogP contribution in [-0.2, 0) is 0 Å². The summed E-state index contributed by atoms with van der Waals surface area (Å²) in [7, 11) is 0. The number of hydrogen-bond acceptors (Lipinski definition) is 6. The van der Waals surface area contributed by atoms with Crippen LogP contribution in [0.25, 0.3) is 0 Å². The number of nitrogens with one attached hydrogen (secondary N) is 2. The number of hydrogen-bond donors (Lipinski definition) is 2. The lowest BCUT2D eigenvalue weighted by Gasteiger charge is -2.14. The Morgan fingerprint density at radius 2 is 1.19 bits per heavy atom. The van der Waals surface area contributed by atoms with E-state index in [0.717, 1.165) is 0 Å². The zero-order valence-corrected chi connectivity index (χ0v) is 8.83. The number of aromatic nitrogens is 4. The monoisotopic (exact) mass is 216 g/mol. The SMILES string of the molecule is CC(Nc1ncccn1)Nc1ncccn1. The smallest absolute Gasteiger partial charge is 0.224 e. The van der Waals surface area contributed by atoms with Crippen molar-refractivity contribution in [1.29, 1.82) is 0 Å². The second kappa shape index (κ2) is 5.01. The van der Waals surface area contributed by atoms with Gasteiger partial charge in [-0.05, 0) is 19.1 Å².